The van der Waals surface area contributed by atoms with Crippen LogP contribution in [0.25, 0.3) is 10.8 Å². The molecule has 0 aromatic heterocycles. The highest BCUT2D eigenvalue weighted by atomic mass is 14.9. The number of hydrogen-bond acceptors (Lipinski definition) is 1. The van der Waals surface area contributed by atoms with Crippen molar-refractivity contribution >= 4 is 10.8 Å². The van der Waals surface area contributed by atoms with E-state index in [1.807, 2.05) is 0 Å². The molecule has 0 saturated heterocycles. The van der Waals surface area contributed by atoms with Crippen LogP contribution in [-0.4, -0.2) is 6.54 Å². The molecule has 3 rings (SSSR count). The van der Waals surface area contributed by atoms with Gasteiger partial charge in [-0.15, -0.1) is 0 Å². The molecule has 0 heterocycles. The number of fused-ring (bicyclic) bond motifs is 1. The molecule has 1 atom stereocenters. The molecule has 0 radical (unpaired) electrons. The second-order valence-corrected chi connectivity index (χ2v) is 6.10. The summed E-state index contributed by atoms with van der Waals surface area (Å²) in [4.78, 5) is 0. The van der Waals surface area contributed by atoms with Gasteiger partial charge in [0.1, 0.15) is 0 Å². The summed E-state index contributed by atoms with van der Waals surface area (Å²) in [6, 6.07) is 13.9. The average Bonchev–Trinajstić information content (AvgIpc) is 2.99. The van der Waals surface area contributed by atoms with Crippen LogP contribution >= 0.6 is 0 Å². The quantitative estimate of drug-likeness (QED) is 0.823. The molecule has 106 valence electrons. The van der Waals surface area contributed by atoms with Crippen molar-refractivity contribution in [2.75, 3.05) is 6.54 Å². The average molecular weight is 267 g/mol. The van der Waals surface area contributed by atoms with Crippen molar-refractivity contribution in [2.45, 2.75) is 45.6 Å². The summed E-state index contributed by atoms with van der Waals surface area (Å²) >= 11 is 0. The van der Waals surface area contributed by atoms with Gasteiger partial charge in [0.25, 0.3) is 0 Å². The lowest BCUT2D eigenvalue weighted by Gasteiger charge is -2.27. The molecule has 0 amide bonds. The molecular formula is C19H25N. The predicted molar refractivity (Wildman–Crippen MR) is 87.1 cm³/mol. The number of nitrogens with one attached hydrogen (secondary N) is 1. The fourth-order valence-electron chi connectivity index (χ4n) is 3.83. The maximum absolute atomic E-state index is 3.77. The van der Waals surface area contributed by atoms with Crippen LogP contribution in [0.15, 0.2) is 36.4 Å². The van der Waals surface area contributed by atoms with Gasteiger partial charge in [-0.1, -0.05) is 56.2 Å². The van der Waals surface area contributed by atoms with E-state index in [0.717, 1.165) is 12.5 Å². The van der Waals surface area contributed by atoms with Gasteiger partial charge in [-0.3, -0.25) is 0 Å². The molecule has 1 unspecified atom stereocenters. The minimum absolute atomic E-state index is 0.522. The van der Waals surface area contributed by atoms with Gasteiger partial charge in [-0.2, -0.15) is 0 Å². The van der Waals surface area contributed by atoms with E-state index >= 15 is 0 Å². The minimum Gasteiger partial charge on any atom is -0.310 e. The number of rotatable bonds is 4. The lowest BCUT2D eigenvalue weighted by atomic mass is 9.86. The lowest BCUT2D eigenvalue weighted by molar-refractivity contribution is 0.375. The molecule has 0 aliphatic heterocycles. The molecule has 0 spiro atoms. The Bertz CT molecular complexity index is 581. The van der Waals surface area contributed by atoms with Gasteiger partial charge in [-0.05, 0) is 54.1 Å². The van der Waals surface area contributed by atoms with Crippen LogP contribution in [0, 0.1) is 12.8 Å². The van der Waals surface area contributed by atoms with Crippen LogP contribution in [0.5, 0.6) is 0 Å². The van der Waals surface area contributed by atoms with Crippen LogP contribution in [0.2, 0.25) is 0 Å². The van der Waals surface area contributed by atoms with Crippen LogP contribution in [-0.2, 0) is 0 Å². The summed E-state index contributed by atoms with van der Waals surface area (Å²) in [7, 11) is 0. The Morgan fingerprint density at radius 2 is 1.85 bits per heavy atom. The summed E-state index contributed by atoms with van der Waals surface area (Å²) < 4.78 is 0. The normalized spacial score (nSPS) is 17.7. The summed E-state index contributed by atoms with van der Waals surface area (Å²) in [5.74, 6) is 0.805. The van der Waals surface area contributed by atoms with Crippen molar-refractivity contribution in [3.63, 3.8) is 0 Å². The van der Waals surface area contributed by atoms with Crippen LogP contribution in [0.4, 0.5) is 0 Å². The molecule has 1 aliphatic carbocycles. The third-order valence-corrected chi connectivity index (χ3v) is 4.79. The summed E-state index contributed by atoms with van der Waals surface area (Å²) in [6.45, 7) is 5.54. The lowest BCUT2D eigenvalue weighted by Crippen LogP contribution is -2.27. The maximum atomic E-state index is 3.77. The first kappa shape index (κ1) is 13.6. The molecule has 1 fully saturated rings. The summed E-state index contributed by atoms with van der Waals surface area (Å²) in [5, 5.41) is 6.58. The van der Waals surface area contributed by atoms with E-state index < -0.39 is 0 Å². The Morgan fingerprint density at radius 3 is 2.60 bits per heavy atom. The van der Waals surface area contributed by atoms with Gasteiger partial charge in [0.05, 0.1) is 0 Å². The molecule has 1 heteroatoms. The van der Waals surface area contributed by atoms with Gasteiger partial charge in [0.15, 0.2) is 0 Å². The number of benzene rings is 2. The highest BCUT2D eigenvalue weighted by Crippen LogP contribution is 2.39. The third kappa shape index (κ3) is 2.47. The minimum atomic E-state index is 0.522. The van der Waals surface area contributed by atoms with Crippen molar-refractivity contribution in [1.29, 1.82) is 0 Å². The van der Waals surface area contributed by atoms with Crippen molar-refractivity contribution in [1.82, 2.24) is 5.32 Å². The Morgan fingerprint density at radius 1 is 1.10 bits per heavy atom. The van der Waals surface area contributed by atoms with Crippen molar-refractivity contribution < 1.29 is 0 Å². The van der Waals surface area contributed by atoms with Crippen molar-refractivity contribution in [3.05, 3.63) is 47.5 Å². The van der Waals surface area contributed by atoms with E-state index in [0.29, 0.717) is 6.04 Å². The molecule has 2 aromatic carbocycles. The zero-order valence-corrected chi connectivity index (χ0v) is 12.7. The first-order chi connectivity index (χ1) is 9.81. The summed E-state index contributed by atoms with van der Waals surface area (Å²) in [5.41, 5.74) is 2.97. The van der Waals surface area contributed by atoms with E-state index in [4.69, 9.17) is 0 Å². The largest absolute Gasteiger partial charge is 0.310 e. The molecule has 20 heavy (non-hydrogen) atoms. The van der Waals surface area contributed by atoms with Gasteiger partial charge < -0.3 is 5.32 Å². The maximum Gasteiger partial charge on any atom is 0.0357 e. The Labute approximate surface area is 122 Å². The highest BCUT2D eigenvalue weighted by Gasteiger charge is 2.27. The topological polar surface area (TPSA) is 12.0 Å². The SMILES string of the molecule is CCNC(c1c(C)ccc2ccccc12)C1CCCC1. The third-order valence-electron chi connectivity index (χ3n) is 4.79. The second kappa shape index (κ2) is 5.97. The zero-order valence-electron chi connectivity index (χ0n) is 12.7. The van der Waals surface area contributed by atoms with Gasteiger partial charge in [0.2, 0.25) is 0 Å². The van der Waals surface area contributed by atoms with Crippen LogP contribution < -0.4 is 5.32 Å². The van der Waals surface area contributed by atoms with Gasteiger partial charge in [0, 0.05) is 6.04 Å². The van der Waals surface area contributed by atoms with E-state index in [1.165, 1.54) is 47.6 Å². The Kier molecular flexibility index (Phi) is 4.07. The smallest absolute Gasteiger partial charge is 0.0357 e. The van der Waals surface area contributed by atoms with Crippen molar-refractivity contribution in [3.8, 4) is 0 Å². The number of hydrogen-bond donors (Lipinski definition) is 1. The summed E-state index contributed by atoms with van der Waals surface area (Å²) in [6.07, 6.45) is 5.55. The molecule has 1 aliphatic rings. The molecular weight excluding hydrogens is 242 g/mol. The van der Waals surface area contributed by atoms with Gasteiger partial charge in [-0.25, -0.2) is 0 Å². The van der Waals surface area contributed by atoms with E-state index in [-0.39, 0.29) is 0 Å². The monoisotopic (exact) mass is 267 g/mol. The van der Waals surface area contributed by atoms with E-state index in [9.17, 15) is 0 Å². The van der Waals surface area contributed by atoms with Gasteiger partial charge >= 0.3 is 0 Å². The van der Waals surface area contributed by atoms with Crippen LogP contribution in [0.1, 0.15) is 49.8 Å². The Balaban J connectivity index is 2.11. The Hall–Kier alpha value is -1.34. The second-order valence-electron chi connectivity index (χ2n) is 6.10. The molecule has 1 N–H and O–H groups in total. The molecule has 1 saturated carbocycles. The highest BCUT2D eigenvalue weighted by molar-refractivity contribution is 5.87. The first-order valence-corrected chi connectivity index (χ1v) is 8.03. The zero-order chi connectivity index (χ0) is 13.9. The molecule has 0 bridgehead atoms. The number of aryl methyl sites for hydroxylation is 1. The van der Waals surface area contributed by atoms with E-state index in [2.05, 4.69) is 55.6 Å². The molecule has 1 nitrogen and oxygen atoms in total. The van der Waals surface area contributed by atoms with Crippen LogP contribution in [0.3, 0.4) is 0 Å². The predicted octanol–water partition coefficient (Wildman–Crippen LogP) is 4.99. The fraction of sp³-hybridized carbons (Fsp3) is 0.474. The standard InChI is InChI=1S/C19H25N/c1-3-20-19(16-9-4-5-10-16)18-14(2)12-13-15-8-6-7-11-17(15)18/h6-8,11-13,16,19-20H,3-5,9-10H2,1-2H3. The molecule has 2 aromatic rings. The van der Waals surface area contributed by atoms with Crippen molar-refractivity contribution in [2.24, 2.45) is 5.92 Å². The van der Waals surface area contributed by atoms with E-state index in [1.54, 1.807) is 0 Å². The first-order valence-electron chi connectivity index (χ1n) is 8.03. The fourth-order valence-corrected chi connectivity index (χ4v) is 3.83.